The molecule has 0 spiro atoms. The third-order valence-corrected chi connectivity index (χ3v) is 3.63. The summed E-state index contributed by atoms with van der Waals surface area (Å²) in [4.78, 5) is 4.41. The normalized spacial score (nSPS) is 10.7. The molecule has 0 saturated carbocycles. The summed E-state index contributed by atoms with van der Waals surface area (Å²) in [5, 5.41) is 5.22. The first-order valence-corrected chi connectivity index (χ1v) is 7.05. The highest BCUT2D eigenvalue weighted by Crippen LogP contribution is 2.32. The molecule has 0 unspecified atom stereocenters. The number of halogens is 1. The predicted molar refractivity (Wildman–Crippen MR) is 87.5 cm³/mol. The van der Waals surface area contributed by atoms with E-state index < -0.39 is 0 Å². The molecule has 0 aliphatic heterocycles. The molecule has 1 heterocycles. The number of pyridine rings is 1. The Morgan fingerprint density at radius 2 is 1.86 bits per heavy atom. The molecule has 4 heteroatoms. The van der Waals surface area contributed by atoms with Gasteiger partial charge in [-0.1, -0.05) is 0 Å². The number of hydrogen-bond acceptors (Lipinski definition) is 3. The van der Waals surface area contributed by atoms with Crippen LogP contribution in [0.4, 0.5) is 15.9 Å². The van der Waals surface area contributed by atoms with E-state index in [1.807, 2.05) is 19.1 Å². The Morgan fingerprint density at radius 1 is 1.05 bits per heavy atom. The fourth-order valence-corrected chi connectivity index (χ4v) is 2.52. The summed E-state index contributed by atoms with van der Waals surface area (Å²) in [5.74, 6) is 1.33. The van der Waals surface area contributed by atoms with Crippen LogP contribution in [0, 0.1) is 19.7 Å². The lowest BCUT2D eigenvalue weighted by Crippen LogP contribution is -1.97. The zero-order valence-corrected chi connectivity index (χ0v) is 12.8. The molecule has 0 saturated heterocycles. The van der Waals surface area contributed by atoms with Gasteiger partial charge < -0.3 is 10.1 Å². The maximum atomic E-state index is 13.4. The van der Waals surface area contributed by atoms with E-state index in [9.17, 15) is 4.39 Å². The van der Waals surface area contributed by atoms with Crippen LogP contribution in [0.3, 0.4) is 0 Å². The molecule has 3 rings (SSSR count). The standard InChI is InChI=1S/C18H17FN2O/c1-11-8-15-14(17(9-11)22-3)6-7-20-18(15)21-13-4-5-16(19)12(2)10-13/h4-10H,1-3H3,(H,20,21). The van der Waals surface area contributed by atoms with Crippen LogP contribution >= 0.6 is 0 Å². The number of aryl methyl sites for hydroxylation is 2. The molecule has 22 heavy (non-hydrogen) atoms. The van der Waals surface area contributed by atoms with Crippen molar-refractivity contribution in [3.8, 4) is 5.75 Å². The Hall–Kier alpha value is -2.62. The SMILES string of the molecule is COc1cc(C)cc2c(Nc3ccc(F)c(C)c3)nccc12. The van der Waals surface area contributed by atoms with Gasteiger partial charge in [0, 0.05) is 22.7 Å². The summed E-state index contributed by atoms with van der Waals surface area (Å²) in [6.45, 7) is 3.75. The molecule has 0 bridgehead atoms. The minimum Gasteiger partial charge on any atom is -0.496 e. The van der Waals surface area contributed by atoms with Crippen molar-refractivity contribution >= 4 is 22.3 Å². The number of anilines is 2. The lowest BCUT2D eigenvalue weighted by Gasteiger charge is -2.12. The van der Waals surface area contributed by atoms with Crippen LogP contribution < -0.4 is 10.1 Å². The van der Waals surface area contributed by atoms with Crippen molar-refractivity contribution in [2.75, 3.05) is 12.4 Å². The Morgan fingerprint density at radius 3 is 2.59 bits per heavy atom. The first kappa shape index (κ1) is 14.3. The number of rotatable bonds is 3. The molecule has 0 aliphatic carbocycles. The summed E-state index contributed by atoms with van der Waals surface area (Å²) in [7, 11) is 1.66. The van der Waals surface area contributed by atoms with Gasteiger partial charge in [0.15, 0.2) is 0 Å². The van der Waals surface area contributed by atoms with Crippen LogP contribution in [-0.2, 0) is 0 Å². The minimum absolute atomic E-state index is 0.214. The number of nitrogens with one attached hydrogen (secondary N) is 1. The fourth-order valence-electron chi connectivity index (χ4n) is 2.52. The van der Waals surface area contributed by atoms with Crippen LogP contribution in [0.25, 0.3) is 10.8 Å². The molecule has 0 radical (unpaired) electrons. The van der Waals surface area contributed by atoms with E-state index in [-0.39, 0.29) is 5.82 Å². The number of hydrogen-bond donors (Lipinski definition) is 1. The van der Waals surface area contributed by atoms with Gasteiger partial charge in [-0.05, 0) is 61.4 Å². The number of ether oxygens (including phenoxy) is 1. The summed E-state index contributed by atoms with van der Waals surface area (Å²) in [6, 6.07) is 10.9. The third kappa shape index (κ3) is 2.60. The highest BCUT2D eigenvalue weighted by molar-refractivity contribution is 5.97. The average Bonchev–Trinajstić information content (AvgIpc) is 2.51. The quantitative estimate of drug-likeness (QED) is 0.758. The Labute approximate surface area is 128 Å². The van der Waals surface area contributed by atoms with Crippen molar-refractivity contribution in [2.45, 2.75) is 13.8 Å². The summed E-state index contributed by atoms with van der Waals surface area (Å²) in [5.41, 5.74) is 2.49. The van der Waals surface area contributed by atoms with Crippen LogP contribution in [0.1, 0.15) is 11.1 Å². The van der Waals surface area contributed by atoms with E-state index >= 15 is 0 Å². The molecule has 1 aromatic heterocycles. The molecular formula is C18H17FN2O. The molecule has 0 amide bonds. The molecule has 0 aliphatic rings. The zero-order chi connectivity index (χ0) is 15.7. The first-order valence-electron chi connectivity index (χ1n) is 7.05. The van der Waals surface area contributed by atoms with Crippen molar-refractivity contribution in [3.63, 3.8) is 0 Å². The molecule has 112 valence electrons. The molecular weight excluding hydrogens is 279 g/mol. The largest absolute Gasteiger partial charge is 0.496 e. The number of fused-ring (bicyclic) bond motifs is 1. The zero-order valence-electron chi connectivity index (χ0n) is 12.8. The fraction of sp³-hybridized carbons (Fsp3) is 0.167. The molecule has 2 aromatic carbocycles. The van der Waals surface area contributed by atoms with Gasteiger partial charge in [0.25, 0.3) is 0 Å². The molecule has 1 N–H and O–H groups in total. The van der Waals surface area contributed by atoms with E-state index in [0.29, 0.717) is 5.56 Å². The van der Waals surface area contributed by atoms with Gasteiger partial charge in [-0.2, -0.15) is 0 Å². The highest BCUT2D eigenvalue weighted by atomic mass is 19.1. The smallest absolute Gasteiger partial charge is 0.138 e. The van der Waals surface area contributed by atoms with Gasteiger partial charge in [0.2, 0.25) is 0 Å². The van der Waals surface area contributed by atoms with Crippen LogP contribution in [-0.4, -0.2) is 12.1 Å². The summed E-state index contributed by atoms with van der Waals surface area (Å²) < 4.78 is 18.8. The topological polar surface area (TPSA) is 34.1 Å². The Bertz CT molecular complexity index is 846. The molecule has 3 nitrogen and oxygen atoms in total. The first-order chi connectivity index (χ1) is 10.6. The van der Waals surface area contributed by atoms with Crippen molar-refractivity contribution in [2.24, 2.45) is 0 Å². The van der Waals surface area contributed by atoms with E-state index in [1.165, 1.54) is 6.07 Å². The third-order valence-electron chi connectivity index (χ3n) is 3.63. The van der Waals surface area contributed by atoms with Crippen LogP contribution in [0.2, 0.25) is 0 Å². The number of benzene rings is 2. The van der Waals surface area contributed by atoms with Crippen molar-refractivity contribution in [1.29, 1.82) is 0 Å². The van der Waals surface area contributed by atoms with E-state index in [2.05, 4.69) is 16.4 Å². The van der Waals surface area contributed by atoms with E-state index in [4.69, 9.17) is 4.74 Å². The van der Waals surface area contributed by atoms with Crippen molar-refractivity contribution in [3.05, 3.63) is 59.5 Å². The number of nitrogens with zero attached hydrogens (tertiary/aromatic N) is 1. The van der Waals surface area contributed by atoms with Gasteiger partial charge >= 0.3 is 0 Å². The summed E-state index contributed by atoms with van der Waals surface area (Å²) >= 11 is 0. The summed E-state index contributed by atoms with van der Waals surface area (Å²) in [6.07, 6.45) is 1.74. The lowest BCUT2D eigenvalue weighted by molar-refractivity contribution is 0.419. The van der Waals surface area contributed by atoms with Crippen LogP contribution in [0.5, 0.6) is 5.75 Å². The predicted octanol–water partition coefficient (Wildman–Crippen LogP) is 4.74. The van der Waals surface area contributed by atoms with Gasteiger partial charge in [0.05, 0.1) is 7.11 Å². The maximum absolute atomic E-state index is 13.4. The van der Waals surface area contributed by atoms with Gasteiger partial charge in [-0.25, -0.2) is 9.37 Å². The maximum Gasteiger partial charge on any atom is 0.138 e. The van der Waals surface area contributed by atoms with Gasteiger partial charge in [-0.3, -0.25) is 0 Å². The number of aromatic nitrogens is 1. The highest BCUT2D eigenvalue weighted by Gasteiger charge is 2.09. The van der Waals surface area contributed by atoms with E-state index in [0.717, 1.165) is 33.6 Å². The number of methoxy groups -OCH3 is 1. The van der Waals surface area contributed by atoms with Crippen molar-refractivity contribution < 1.29 is 9.13 Å². The van der Waals surface area contributed by atoms with Crippen LogP contribution in [0.15, 0.2) is 42.6 Å². The molecule has 0 fully saturated rings. The Kier molecular flexibility index (Phi) is 3.67. The van der Waals surface area contributed by atoms with Crippen molar-refractivity contribution in [1.82, 2.24) is 4.98 Å². The monoisotopic (exact) mass is 296 g/mol. The average molecular weight is 296 g/mol. The van der Waals surface area contributed by atoms with Gasteiger partial charge in [-0.15, -0.1) is 0 Å². The second kappa shape index (κ2) is 5.64. The Balaban J connectivity index is 2.10. The lowest BCUT2D eigenvalue weighted by atomic mass is 10.1. The second-order valence-electron chi connectivity index (χ2n) is 5.31. The second-order valence-corrected chi connectivity index (χ2v) is 5.31. The van der Waals surface area contributed by atoms with Gasteiger partial charge in [0.1, 0.15) is 17.4 Å². The minimum atomic E-state index is -0.214. The van der Waals surface area contributed by atoms with E-state index in [1.54, 1.807) is 32.4 Å². The molecule has 3 aromatic rings. The molecule has 0 atom stereocenters.